The van der Waals surface area contributed by atoms with Gasteiger partial charge in [0, 0.05) is 11.9 Å². The maximum absolute atomic E-state index is 12.8. The van der Waals surface area contributed by atoms with Crippen LogP contribution in [-0.2, 0) is 6.54 Å². The molecule has 2 aromatic heterocycles. The molecule has 0 radical (unpaired) electrons. The highest BCUT2D eigenvalue weighted by molar-refractivity contribution is 6.11. The molecule has 25 heavy (non-hydrogen) atoms. The maximum atomic E-state index is 12.8. The molecule has 0 fully saturated rings. The number of para-hydroxylation sites is 2. The molecule has 0 aliphatic carbocycles. The van der Waals surface area contributed by atoms with Gasteiger partial charge in [-0.25, -0.2) is 4.98 Å². The third-order valence-corrected chi connectivity index (χ3v) is 4.26. The largest absolute Gasteiger partial charge is 0.310 e. The van der Waals surface area contributed by atoms with E-state index in [0.29, 0.717) is 11.6 Å². The van der Waals surface area contributed by atoms with Crippen LogP contribution in [-0.4, -0.2) is 25.7 Å². The molecule has 0 saturated carbocycles. The van der Waals surface area contributed by atoms with Gasteiger partial charge < -0.3 is 4.57 Å². The summed E-state index contributed by atoms with van der Waals surface area (Å²) in [5.74, 6) is 0.293. The summed E-state index contributed by atoms with van der Waals surface area (Å²) in [6, 6.07) is 13.8. The van der Waals surface area contributed by atoms with Crippen molar-refractivity contribution in [2.45, 2.75) is 26.8 Å². The van der Waals surface area contributed by atoms with Gasteiger partial charge in [0.1, 0.15) is 0 Å². The summed E-state index contributed by atoms with van der Waals surface area (Å²) < 4.78 is 2.04. The van der Waals surface area contributed by atoms with Crippen molar-refractivity contribution in [1.29, 1.82) is 0 Å². The molecule has 0 aliphatic heterocycles. The number of carbonyl (C=O) groups is 1. The fraction of sp³-hybridized carbons (Fsp3) is 0.211. The van der Waals surface area contributed by atoms with Crippen molar-refractivity contribution >= 4 is 33.8 Å². The number of aryl methyl sites for hydroxylation is 2. The number of hydrogen-bond donors (Lipinski definition) is 2. The molecule has 2 aromatic carbocycles. The fourth-order valence-electron chi connectivity index (χ4n) is 3.08. The Morgan fingerprint density at radius 3 is 2.92 bits per heavy atom. The predicted molar refractivity (Wildman–Crippen MR) is 98.8 cm³/mol. The van der Waals surface area contributed by atoms with Crippen LogP contribution in [0, 0.1) is 6.92 Å². The fourth-order valence-corrected chi connectivity index (χ4v) is 3.08. The van der Waals surface area contributed by atoms with E-state index in [1.807, 2.05) is 54.0 Å². The summed E-state index contributed by atoms with van der Waals surface area (Å²) in [5, 5.41) is 10.8. The third-order valence-electron chi connectivity index (χ3n) is 4.26. The molecular weight excluding hydrogens is 314 g/mol. The highest BCUT2D eigenvalue weighted by atomic mass is 16.2. The Hall–Kier alpha value is -3.15. The second-order valence-corrected chi connectivity index (χ2v) is 6.15. The number of hydrogen-bond acceptors (Lipinski definition) is 3. The Labute approximate surface area is 144 Å². The van der Waals surface area contributed by atoms with Crippen LogP contribution in [0.15, 0.2) is 42.5 Å². The number of amides is 1. The van der Waals surface area contributed by atoms with Crippen LogP contribution in [0.1, 0.15) is 29.4 Å². The lowest BCUT2D eigenvalue weighted by molar-refractivity contribution is 0.102. The van der Waals surface area contributed by atoms with Gasteiger partial charge in [-0.05, 0) is 37.6 Å². The second kappa shape index (κ2) is 6.05. The summed E-state index contributed by atoms with van der Waals surface area (Å²) in [6.45, 7) is 4.88. The van der Waals surface area contributed by atoms with Gasteiger partial charge in [0.15, 0.2) is 5.69 Å². The monoisotopic (exact) mass is 333 g/mol. The minimum atomic E-state index is -0.260. The van der Waals surface area contributed by atoms with Gasteiger partial charge in [0.2, 0.25) is 5.95 Å². The van der Waals surface area contributed by atoms with E-state index in [1.54, 1.807) is 0 Å². The highest BCUT2D eigenvalue weighted by Crippen LogP contribution is 2.22. The molecule has 0 unspecified atom stereocenters. The van der Waals surface area contributed by atoms with E-state index in [0.717, 1.165) is 40.5 Å². The molecule has 0 bridgehead atoms. The average Bonchev–Trinajstić information content (AvgIpc) is 3.17. The standard InChI is InChI=1S/C19H19N5O/c1-3-10-24-16-7-5-4-6-15(16)20-19(24)21-18(25)17-13-11-12(2)8-9-14(13)22-23-17/h4-9,11H,3,10H2,1-2H3,(H,22,23)(H,20,21,25). The van der Waals surface area contributed by atoms with Gasteiger partial charge in [0.05, 0.1) is 16.6 Å². The second-order valence-electron chi connectivity index (χ2n) is 6.15. The number of carbonyl (C=O) groups excluding carboxylic acids is 1. The molecule has 0 atom stereocenters. The topological polar surface area (TPSA) is 75.6 Å². The Kier molecular flexibility index (Phi) is 3.72. The molecular formula is C19H19N5O. The van der Waals surface area contributed by atoms with Gasteiger partial charge in [-0.15, -0.1) is 0 Å². The zero-order valence-electron chi connectivity index (χ0n) is 14.2. The number of anilines is 1. The first-order valence-corrected chi connectivity index (χ1v) is 8.38. The molecule has 0 spiro atoms. The summed E-state index contributed by atoms with van der Waals surface area (Å²) in [4.78, 5) is 17.4. The number of rotatable bonds is 4. The Morgan fingerprint density at radius 1 is 1.24 bits per heavy atom. The van der Waals surface area contributed by atoms with Crippen molar-refractivity contribution in [2.75, 3.05) is 5.32 Å². The number of nitrogens with zero attached hydrogens (tertiary/aromatic N) is 3. The molecule has 6 nitrogen and oxygen atoms in total. The Morgan fingerprint density at radius 2 is 2.08 bits per heavy atom. The molecule has 0 saturated heterocycles. The molecule has 2 heterocycles. The van der Waals surface area contributed by atoms with Crippen LogP contribution >= 0.6 is 0 Å². The van der Waals surface area contributed by atoms with Crippen LogP contribution in [0.3, 0.4) is 0 Å². The number of aromatic amines is 1. The minimum absolute atomic E-state index is 0.260. The number of nitrogens with one attached hydrogen (secondary N) is 2. The summed E-state index contributed by atoms with van der Waals surface area (Å²) in [6.07, 6.45) is 0.952. The van der Waals surface area contributed by atoms with E-state index >= 15 is 0 Å². The normalized spacial score (nSPS) is 11.3. The van der Waals surface area contributed by atoms with Gasteiger partial charge >= 0.3 is 0 Å². The maximum Gasteiger partial charge on any atom is 0.279 e. The molecule has 126 valence electrons. The summed E-state index contributed by atoms with van der Waals surface area (Å²) >= 11 is 0. The van der Waals surface area contributed by atoms with Crippen molar-refractivity contribution in [2.24, 2.45) is 0 Å². The SMILES string of the molecule is CCCn1c(NC(=O)c2n[nH]c3ccc(C)cc23)nc2ccccc21. The lowest BCUT2D eigenvalue weighted by Gasteiger charge is -2.08. The summed E-state index contributed by atoms with van der Waals surface area (Å²) in [5.41, 5.74) is 4.20. The van der Waals surface area contributed by atoms with E-state index in [1.165, 1.54) is 0 Å². The van der Waals surface area contributed by atoms with Crippen LogP contribution in [0.4, 0.5) is 5.95 Å². The zero-order valence-corrected chi connectivity index (χ0v) is 14.2. The van der Waals surface area contributed by atoms with Crippen molar-refractivity contribution in [3.63, 3.8) is 0 Å². The van der Waals surface area contributed by atoms with E-state index < -0.39 is 0 Å². The van der Waals surface area contributed by atoms with Crippen molar-refractivity contribution in [3.8, 4) is 0 Å². The lowest BCUT2D eigenvalue weighted by Crippen LogP contribution is -2.16. The van der Waals surface area contributed by atoms with Gasteiger partial charge in [0.25, 0.3) is 5.91 Å². The highest BCUT2D eigenvalue weighted by Gasteiger charge is 2.18. The first kappa shape index (κ1) is 15.4. The Bertz CT molecular complexity index is 1080. The number of aromatic nitrogens is 4. The molecule has 4 aromatic rings. The predicted octanol–water partition coefficient (Wildman–Crippen LogP) is 3.88. The molecule has 6 heteroatoms. The number of imidazole rings is 1. The number of H-pyrrole nitrogens is 1. The summed E-state index contributed by atoms with van der Waals surface area (Å²) in [7, 11) is 0. The first-order valence-electron chi connectivity index (χ1n) is 8.38. The number of benzene rings is 2. The third kappa shape index (κ3) is 2.65. The Balaban J connectivity index is 1.74. The first-order chi connectivity index (χ1) is 12.2. The quantitative estimate of drug-likeness (QED) is 0.595. The number of fused-ring (bicyclic) bond motifs is 2. The van der Waals surface area contributed by atoms with Gasteiger partial charge in [-0.1, -0.05) is 30.7 Å². The van der Waals surface area contributed by atoms with Crippen molar-refractivity contribution in [3.05, 3.63) is 53.7 Å². The van der Waals surface area contributed by atoms with Gasteiger partial charge in [-0.3, -0.25) is 15.2 Å². The molecule has 1 amide bonds. The van der Waals surface area contributed by atoms with Crippen LogP contribution in [0.25, 0.3) is 21.9 Å². The lowest BCUT2D eigenvalue weighted by atomic mass is 10.1. The van der Waals surface area contributed by atoms with Crippen LogP contribution in [0.5, 0.6) is 0 Å². The van der Waals surface area contributed by atoms with Crippen LogP contribution < -0.4 is 5.32 Å². The van der Waals surface area contributed by atoms with E-state index in [9.17, 15) is 4.79 Å². The van der Waals surface area contributed by atoms with Crippen molar-refractivity contribution < 1.29 is 4.79 Å². The minimum Gasteiger partial charge on any atom is -0.310 e. The van der Waals surface area contributed by atoms with E-state index in [4.69, 9.17) is 0 Å². The van der Waals surface area contributed by atoms with Crippen LogP contribution in [0.2, 0.25) is 0 Å². The molecule has 2 N–H and O–H groups in total. The zero-order chi connectivity index (χ0) is 17.4. The molecule has 0 aliphatic rings. The average molecular weight is 333 g/mol. The molecule has 4 rings (SSSR count). The smallest absolute Gasteiger partial charge is 0.279 e. The van der Waals surface area contributed by atoms with E-state index in [-0.39, 0.29) is 5.91 Å². The van der Waals surface area contributed by atoms with Gasteiger partial charge in [-0.2, -0.15) is 5.10 Å². The van der Waals surface area contributed by atoms with E-state index in [2.05, 4.69) is 27.4 Å². The van der Waals surface area contributed by atoms with Crippen molar-refractivity contribution in [1.82, 2.24) is 19.7 Å².